The van der Waals surface area contributed by atoms with Crippen LogP contribution in [0, 0.1) is 5.92 Å². The van der Waals surface area contributed by atoms with Crippen molar-refractivity contribution in [3.8, 4) is 0 Å². The molecule has 0 radical (unpaired) electrons. The Kier molecular flexibility index (Phi) is 4.28. The molecule has 0 aromatic carbocycles. The van der Waals surface area contributed by atoms with Crippen LogP contribution in [-0.4, -0.2) is 14.8 Å². The predicted molar refractivity (Wildman–Crippen MR) is 68.5 cm³/mol. The van der Waals surface area contributed by atoms with Gasteiger partial charge in [0.2, 0.25) is 5.95 Å². The van der Waals surface area contributed by atoms with Crippen molar-refractivity contribution in [2.24, 2.45) is 5.92 Å². The summed E-state index contributed by atoms with van der Waals surface area (Å²) in [7, 11) is 0. The maximum Gasteiger partial charge on any atom is 0.226 e. The maximum absolute atomic E-state index is 5.73. The van der Waals surface area contributed by atoms with E-state index in [0.29, 0.717) is 11.9 Å². The predicted octanol–water partition coefficient (Wildman–Crippen LogP) is 2.80. The highest BCUT2D eigenvalue weighted by Gasteiger charge is 2.07. The minimum Gasteiger partial charge on any atom is -0.368 e. The first-order chi connectivity index (χ1) is 7.60. The minimum atomic E-state index is 0.420. The fraction of sp³-hybridized carbons (Fsp3) is 0.500. The van der Waals surface area contributed by atoms with Crippen molar-refractivity contribution in [2.45, 2.75) is 34.1 Å². The van der Waals surface area contributed by atoms with E-state index in [4.69, 9.17) is 5.73 Å². The van der Waals surface area contributed by atoms with Crippen LogP contribution in [-0.2, 0) is 0 Å². The van der Waals surface area contributed by atoms with Crippen LogP contribution in [0.2, 0.25) is 0 Å². The van der Waals surface area contributed by atoms with Crippen LogP contribution in [0.3, 0.4) is 0 Å². The molecule has 0 saturated carbocycles. The Hall–Kier alpha value is -1.58. The van der Waals surface area contributed by atoms with Gasteiger partial charge in [0.05, 0.1) is 0 Å². The van der Waals surface area contributed by atoms with E-state index in [-0.39, 0.29) is 0 Å². The average Bonchev–Trinajstić information content (AvgIpc) is 2.57. The van der Waals surface area contributed by atoms with Gasteiger partial charge in [0.15, 0.2) is 5.82 Å². The van der Waals surface area contributed by atoms with Gasteiger partial charge in [-0.15, -0.1) is 10.2 Å². The van der Waals surface area contributed by atoms with Crippen molar-refractivity contribution >= 4 is 18.2 Å². The molecule has 4 nitrogen and oxygen atoms in total. The molecule has 88 valence electrons. The summed E-state index contributed by atoms with van der Waals surface area (Å²) in [6.45, 7) is 8.44. The van der Waals surface area contributed by atoms with Crippen molar-refractivity contribution in [3.63, 3.8) is 0 Å². The second-order valence-corrected chi connectivity index (χ2v) is 4.00. The van der Waals surface area contributed by atoms with Crippen molar-refractivity contribution in [1.29, 1.82) is 0 Å². The number of hydrogen-bond donors (Lipinski definition) is 1. The number of nitrogen functional groups attached to an aromatic ring is 1. The Balaban J connectivity index is 3.13. The number of nitrogens with zero attached hydrogens (tertiary/aromatic N) is 3. The first kappa shape index (κ1) is 12.5. The fourth-order valence-electron chi connectivity index (χ4n) is 1.56. The number of nitrogens with two attached hydrogens (primary N) is 1. The third-order valence-electron chi connectivity index (χ3n) is 2.51. The lowest BCUT2D eigenvalue weighted by Crippen LogP contribution is -1.99. The summed E-state index contributed by atoms with van der Waals surface area (Å²) in [5.41, 5.74) is 7.08. The van der Waals surface area contributed by atoms with Gasteiger partial charge in [-0.1, -0.05) is 32.4 Å². The Bertz CT molecular complexity index is 399. The van der Waals surface area contributed by atoms with Crippen LogP contribution in [0.15, 0.2) is 11.6 Å². The maximum atomic E-state index is 5.73. The molecule has 4 heteroatoms. The molecule has 0 amide bonds. The highest BCUT2D eigenvalue weighted by atomic mass is 15.3. The SMILES string of the molecule is C/C=C\n1c(N)nnc1/C=C(\CC)C(C)C. The second kappa shape index (κ2) is 5.49. The molecule has 0 spiro atoms. The third kappa shape index (κ3) is 2.72. The highest BCUT2D eigenvalue weighted by molar-refractivity contribution is 5.52. The molecule has 1 aromatic rings. The Morgan fingerprint density at radius 3 is 2.62 bits per heavy atom. The third-order valence-corrected chi connectivity index (χ3v) is 2.51. The Labute approximate surface area is 96.9 Å². The molecule has 0 fully saturated rings. The van der Waals surface area contributed by atoms with Crippen molar-refractivity contribution < 1.29 is 0 Å². The van der Waals surface area contributed by atoms with Crippen molar-refractivity contribution in [2.75, 3.05) is 5.73 Å². The molecule has 1 rings (SSSR count). The smallest absolute Gasteiger partial charge is 0.226 e. The molecule has 1 heterocycles. The van der Waals surface area contributed by atoms with E-state index in [1.807, 2.05) is 19.2 Å². The van der Waals surface area contributed by atoms with Crippen LogP contribution < -0.4 is 5.73 Å². The zero-order valence-electron chi connectivity index (χ0n) is 10.4. The van der Waals surface area contributed by atoms with Gasteiger partial charge in [-0.3, -0.25) is 4.57 Å². The van der Waals surface area contributed by atoms with Gasteiger partial charge in [0, 0.05) is 6.20 Å². The molecule has 0 saturated heterocycles. The average molecular weight is 220 g/mol. The summed E-state index contributed by atoms with van der Waals surface area (Å²) in [5, 5.41) is 7.94. The van der Waals surface area contributed by atoms with Crippen molar-refractivity contribution in [3.05, 3.63) is 17.5 Å². The van der Waals surface area contributed by atoms with E-state index in [0.717, 1.165) is 12.2 Å². The molecule has 0 aliphatic carbocycles. The molecule has 1 aromatic heterocycles. The summed E-state index contributed by atoms with van der Waals surface area (Å²) in [6.07, 6.45) is 6.86. The molecule has 0 atom stereocenters. The standard InChI is InChI=1S/C12H20N4/c1-5-7-16-11(14-15-12(16)13)8-10(6-2)9(3)4/h5,7-9H,6H2,1-4H3,(H2,13,15)/b7-5-,10-8+. The lowest BCUT2D eigenvalue weighted by Gasteiger charge is -2.08. The Morgan fingerprint density at radius 2 is 2.12 bits per heavy atom. The van der Waals surface area contributed by atoms with Crippen LogP contribution in [0.4, 0.5) is 5.95 Å². The monoisotopic (exact) mass is 220 g/mol. The second-order valence-electron chi connectivity index (χ2n) is 4.00. The number of hydrogen-bond acceptors (Lipinski definition) is 3. The minimum absolute atomic E-state index is 0.420. The lowest BCUT2D eigenvalue weighted by atomic mass is 10.0. The largest absolute Gasteiger partial charge is 0.368 e. The first-order valence-corrected chi connectivity index (χ1v) is 5.63. The van der Waals surface area contributed by atoms with Gasteiger partial charge in [-0.2, -0.15) is 0 Å². The summed E-state index contributed by atoms with van der Waals surface area (Å²) in [5.74, 6) is 1.73. The van der Waals surface area contributed by atoms with Crippen LogP contribution in [0.25, 0.3) is 12.3 Å². The lowest BCUT2D eigenvalue weighted by molar-refractivity contribution is 0.737. The molecule has 0 bridgehead atoms. The van der Waals surface area contributed by atoms with Gasteiger partial charge in [-0.05, 0) is 25.3 Å². The van der Waals surface area contributed by atoms with Gasteiger partial charge in [-0.25, -0.2) is 0 Å². The van der Waals surface area contributed by atoms with E-state index in [1.54, 1.807) is 4.57 Å². The molecule has 0 unspecified atom stereocenters. The molecular formula is C12H20N4. The number of rotatable bonds is 4. The van der Waals surface area contributed by atoms with Crippen LogP contribution in [0.5, 0.6) is 0 Å². The van der Waals surface area contributed by atoms with Gasteiger partial charge >= 0.3 is 0 Å². The van der Waals surface area contributed by atoms with Crippen LogP contribution >= 0.6 is 0 Å². The van der Waals surface area contributed by atoms with E-state index >= 15 is 0 Å². The van der Waals surface area contributed by atoms with Gasteiger partial charge in [0.1, 0.15) is 0 Å². The molecule has 0 aliphatic heterocycles. The zero-order chi connectivity index (χ0) is 12.1. The fourth-order valence-corrected chi connectivity index (χ4v) is 1.56. The van der Waals surface area contributed by atoms with Crippen LogP contribution in [0.1, 0.15) is 39.9 Å². The topological polar surface area (TPSA) is 56.7 Å². The van der Waals surface area contributed by atoms with Gasteiger partial charge < -0.3 is 5.73 Å². The van der Waals surface area contributed by atoms with Gasteiger partial charge in [0.25, 0.3) is 0 Å². The summed E-state index contributed by atoms with van der Waals surface area (Å²) >= 11 is 0. The van der Waals surface area contributed by atoms with E-state index in [1.165, 1.54) is 5.57 Å². The quantitative estimate of drug-likeness (QED) is 0.848. The van der Waals surface area contributed by atoms with E-state index < -0.39 is 0 Å². The summed E-state index contributed by atoms with van der Waals surface area (Å²) in [4.78, 5) is 0. The summed E-state index contributed by atoms with van der Waals surface area (Å²) < 4.78 is 1.79. The highest BCUT2D eigenvalue weighted by Crippen LogP contribution is 2.18. The summed E-state index contributed by atoms with van der Waals surface area (Å²) in [6, 6.07) is 0. The van der Waals surface area contributed by atoms with E-state index in [9.17, 15) is 0 Å². The first-order valence-electron chi connectivity index (χ1n) is 5.63. The molecule has 2 N–H and O–H groups in total. The molecule has 0 aliphatic rings. The van der Waals surface area contributed by atoms with E-state index in [2.05, 4.69) is 37.0 Å². The van der Waals surface area contributed by atoms with Crippen molar-refractivity contribution in [1.82, 2.24) is 14.8 Å². The number of allylic oxidation sites excluding steroid dienone is 2. The molecular weight excluding hydrogens is 200 g/mol. The molecule has 16 heavy (non-hydrogen) atoms. The number of aromatic nitrogens is 3. The number of anilines is 1. The zero-order valence-corrected chi connectivity index (χ0v) is 10.4. The normalized spacial score (nSPS) is 12.9. The Morgan fingerprint density at radius 1 is 1.44 bits per heavy atom.